The fourth-order valence-corrected chi connectivity index (χ4v) is 1.97. The molecule has 0 unspecified atom stereocenters. The van der Waals surface area contributed by atoms with Crippen LogP contribution in [0.3, 0.4) is 0 Å². The summed E-state index contributed by atoms with van der Waals surface area (Å²) in [7, 11) is 0. The summed E-state index contributed by atoms with van der Waals surface area (Å²) >= 11 is 0. The van der Waals surface area contributed by atoms with Gasteiger partial charge in [-0.15, -0.1) is 0 Å². The minimum absolute atomic E-state index is 0.110. The Labute approximate surface area is 120 Å². The average Bonchev–Trinajstić information content (AvgIpc) is 2.88. The first-order valence-electron chi connectivity index (χ1n) is 6.88. The quantitative estimate of drug-likeness (QED) is 0.930. The second-order valence-electron chi connectivity index (χ2n) is 6.79. The highest BCUT2D eigenvalue weighted by Crippen LogP contribution is 2.33. The van der Waals surface area contributed by atoms with Crippen LogP contribution in [-0.4, -0.2) is 10.1 Å². The summed E-state index contributed by atoms with van der Waals surface area (Å²) in [5.74, 6) is 1.16. The largest absolute Gasteiger partial charge is 0.338 e. The summed E-state index contributed by atoms with van der Waals surface area (Å²) in [5, 5.41) is 4.13. The summed E-state index contributed by atoms with van der Waals surface area (Å²) in [6.07, 6.45) is 0. The maximum absolute atomic E-state index is 6.17. The van der Waals surface area contributed by atoms with Gasteiger partial charge in [-0.2, -0.15) is 4.98 Å². The molecule has 0 radical (unpaired) electrons. The zero-order valence-corrected chi connectivity index (χ0v) is 12.8. The van der Waals surface area contributed by atoms with Crippen LogP contribution in [0.4, 0.5) is 0 Å². The molecule has 4 nitrogen and oxygen atoms in total. The Morgan fingerprint density at radius 1 is 1.05 bits per heavy atom. The molecule has 1 atom stereocenters. The molecular formula is C16H23N3O. The molecular weight excluding hydrogens is 250 g/mol. The van der Waals surface area contributed by atoms with Crippen molar-refractivity contribution < 1.29 is 4.52 Å². The van der Waals surface area contributed by atoms with Crippen LogP contribution in [0.1, 0.15) is 57.9 Å². The van der Waals surface area contributed by atoms with Crippen LogP contribution in [-0.2, 0) is 5.41 Å². The SMILES string of the molecule is CC(C)(c1ccccc1)c1noc([C@@H](N)C(C)(C)C)n1. The van der Waals surface area contributed by atoms with Crippen molar-refractivity contribution in [3.05, 3.63) is 47.6 Å². The van der Waals surface area contributed by atoms with Crippen LogP contribution in [0.15, 0.2) is 34.9 Å². The molecule has 108 valence electrons. The summed E-state index contributed by atoms with van der Waals surface area (Å²) in [6, 6.07) is 9.89. The predicted molar refractivity (Wildman–Crippen MR) is 79.3 cm³/mol. The first-order valence-corrected chi connectivity index (χ1v) is 6.88. The van der Waals surface area contributed by atoms with Crippen molar-refractivity contribution in [3.63, 3.8) is 0 Å². The molecule has 4 heteroatoms. The molecule has 0 fully saturated rings. The first kappa shape index (κ1) is 14.7. The minimum atomic E-state index is -0.305. The Morgan fingerprint density at radius 2 is 1.65 bits per heavy atom. The Morgan fingerprint density at radius 3 is 2.20 bits per heavy atom. The van der Waals surface area contributed by atoms with E-state index in [9.17, 15) is 0 Å². The van der Waals surface area contributed by atoms with E-state index in [0.717, 1.165) is 5.56 Å². The van der Waals surface area contributed by atoms with E-state index in [0.29, 0.717) is 11.7 Å². The lowest BCUT2D eigenvalue weighted by Gasteiger charge is -2.23. The van der Waals surface area contributed by atoms with E-state index in [2.05, 4.69) is 56.9 Å². The van der Waals surface area contributed by atoms with Gasteiger partial charge in [-0.3, -0.25) is 0 Å². The van der Waals surface area contributed by atoms with Gasteiger partial charge < -0.3 is 10.3 Å². The predicted octanol–water partition coefficient (Wildman–Crippen LogP) is 3.44. The van der Waals surface area contributed by atoms with E-state index in [1.165, 1.54) is 0 Å². The average molecular weight is 273 g/mol. The molecule has 1 heterocycles. The van der Waals surface area contributed by atoms with Gasteiger partial charge in [0.2, 0.25) is 5.89 Å². The fraction of sp³-hybridized carbons (Fsp3) is 0.500. The highest BCUT2D eigenvalue weighted by molar-refractivity contribution is 5.30. The summed E-state index contributed by atoms with van der Waals surface area (Å²) in [5.41, 5.74) is 6.91. The fourth-order valence-electron chi connectivity index (χ4n) is 1.97. The molecule has 1 aromatic heterocycles. The van der Waals surface area contributed by atoms with Crippen molar-refractivity contribution in [2.45, 2.75) is 46.1 Å². The Balaban J connectivity index is 2.34. The van der Waals surface area contributed by atoms with Crippen molar-refractivity contribution >= 4 is 0 Å². The van der Waals surface area contributed by atoms with Gasteiger partial charge in [-0.1, -0.05) is 56.3 Å². The maximum Gasteiger partial charge on any atom is 0.244 e. The van der Waals surface area contributed by atoms with E-state index < -0.39 is 0 Å². The molecule has 2 N–H and O–H groups in total. The first-order chi connectivity index (χ1) is 9.23. The standard InChI is InChI=1S/C16H23N3O/c1-15(2,3)12(17)13-18-14(19-20-13)16(4,5)11-9-7-6-8-10-11/h6-10,12H,17H2,1-5H3/t12-/m1/s1. The van der Waals surface area contributed by atoms with Gasteiger partial charge in [0.05, 0.1) is 11.5 Å². The van der Waals surface area contributed by atoms with Crippen LogP contribution >= 0.6 is 0 Å². The second-order valence-corrected chi connectivity index (χ2v) is 6.79. The van der Waals surface area contributed by atoms with E-state index in [1.807, 2.05) is 18.2 Å². The Bertz CT molecular complexity index is 567. The lowest BCUT2D eigenvalue weighted by atomic mass is 9.84. The van der Waals surface area contributed by atoms with Crippen molar-refractivity contribution in [1.82, 2.24) is 10.1 Å². The minimum Gasteiger partial charge on any atom is -0.338 e. The molecule has 0 aliphatic carbocycles. The van der Waals surface area contributed by atoms with Crippen LogP contribution < -0.4 is 5.73 Å². The molecule has 0 bridgehead atoms. The number of hydrogen-bond acceptors (Lipinski definition) is 4. The van der Waals surface area contributed by atoms with Gasteiger partial charge in [0, 0.05) is 0 Å². The Kier molecular flexibility index (Phi) is 3.69. The normalized spacial score (nSPS) is 14.3. The molecule has 2 aromatic rings. The van der Waals surface area contributed by atoms with Gasteiger partial charge in [-0.05, 0) is 24.8 Å². The lowest BCUT2D eigenvalue weighted by Crippen LogP contribution is -2.27. The summed E-state index contributed by atoms with van der Waals surface area (Å²) < 4.78 is 5.37. The maximum atomic E-state index is 6.17. The molecule has 20 heavy (non-hydrogen) atoms. The van der Waals surface area contributed by atoms with Crippen LogP contribution in [0.2, 0.25) is 0 Å². The van der Waals surface area contributed by atoms with E-state index in [1.54, 1.807) is 0 Å². The van der Waals surface area contributed by atoms with Gasteiger partial charge in [0.15, 0.2) is 5.82 Å². The molecule has 2 rings (SSSR count). The number of hydrogen-bond donors (Lipinski definition) is 1. The highest BCUT2D eigenvalue weighted by Gasteiger charge is 2.32. The van der Waals surface area contributed by atoms with E-state index in [-0.39, 0.29) is 16.9 Å². The summed E-state index contributed by atoms with van der Waals surface area (Å²) in [4.78, 5) is 4.52. The smallest absolute Gasteiger partial charge is 0.244 e. The molecule has 0 amide bonds. The molecule has 0 aliphatic rings. The molecule has 1 aromatic carbocycles. The van der Waals surface area contributed by atoms with E-state index in [4.69, 9.17) is 10.3 Å². The third kappa shape index (κ3) is 2.75. The van der Waals surface area contributed by atoms with Gasteiger partial charge in [0.25, 0.3) is 0 Å². The zero-order chi connectivity index (χ0) is 15.0. The van der Waals surface area contributed by atoms with Gasteiger partial charge >= 0.3 is 0 Å². The third-order valence-corrected chi connectivity index (χ3v) is 3.70. The number of nitrogens with zero attached hydrogens (tertiary/aromatic N) is 2. The highest BCUT2D eigenvalue weighted by atomic mass is 16.5. The molecule has 0 aliphatic heterocycles. The second kappa shape index (κ2) is 5.02. The lowest BCUT2D eigenvalue weighted by molar-refractivity contribution is 0.251. The van der Waals surface area contributed by atoms with Gasteiger partial charge in [-0.25, -0.2) is 0 Å². The third-order valence-electron chi connectivity index (χ3n) is 3.70. The topological polar surface area (TPSA) is 64.9 Å². The number of benzene rings is 1. The molecule has 0 saturated carbocycles. The van der Waals surface area contributed by atoms with Crippen LogP contribution in [0, 0.1) is 5.41 Å². The monoisotopic (exact) mass is 273 g/mol. The zero-order valence-electron chi connectivity index (χ0n) is 12.8. The van der Waals surface area contributed by atoms with Crippen molar-refractivity contribution in [1.29, 1.82) is 0 Å². The van der Waals surface area contributed by atoms with Gasteiger partial charge in [0.1, 0.15) is 0 Å². The number of aromatic nitrogens is 2. The number of rotatable bonds is 3. The molecule has 0 saturated heterocycles. The Hall–Kier alpha value is -1.68. The van der Waals surface area contributed by atoms with Crippen molar-refractivity contribution in [2.75, 3.05) is 0 Å². The van der Waals surface area contributed by atoms with Crippen molar-refractivity contribution in [3.8, 4) is 0 Å². The molecule has 0 spiro atoms. The van der Waals surface area contributed by atoms with Crippen LogP contribution in [0.5, 0.6) is 0 Å². The van der Waals surface area contributed by atoms with Crippen molar-refractivity contribution in [2.24, 2.45) is 11.1 Å². The summed E-state index contributed by atoms with van der Waals surface area (Å²) in [6.45, 7) is 10.3. The van der Waals surface area contributed by atoms with Crippen LogP contribution in [0.25, 0.3) is 0 Å². The number of nitrogens with two attached hydrogens (primary N) is 1. The van der Waals surface area contributed by atoms with E-state index >= 15 is 0 Å².